The van der Waals surface area contributed by atoms with Crippen molar-refractivity contribution in [3.63, 3.8) is 0 Å². The SMILES string of the molecule is CCSC(=N)N1Cc2ccccc2-c2ccccc2C1. The largest absolute Gasteiger partial charge is 0.343 e. The second kappa shape index (κ2) is 5.71. The van der Waals surface area contributed by atoms with Crippen molar-refractivity contribution in [1.29, 1.82) is 5.41 Å². The number of hydrogen-bond acceptors (Lipinski definition) is 2. The van der Waals surface area contributed by atoms with Crippen LogP contribution in [0, 0.1) is 5.41 Å². The molecule has 0 saturated heterocycles. The fraction of sp³-hybridized carbons (Fsp3) is 0.235. The molecule has 2 aromatic rings. The van der Waals surface area contributed by atoms with Crippen LogP contribution in [-0.2, 0) is 13.1 Å². The maximum atomic E-state index is 8.25. The average molecular weight is 282 g/mol. The second-order valence-corrected chi connectivity index (χ2v) is 6.16. The van der Waals surface area contributed by atoms with Gasteiger partial charge in [0.1, 0.15) is 0 Å². The van der Waals surface area contributed by atoms with E-state index in [2.05, 4.69) is 60.4 Å². The van der Waals surface area contributed by atoms with Crippen LogP contribution in [-0.4, -0.2) is 15.8 Å². The van der Waals surface area contributed by atoms with E-state index in [1.165, 1.54) is 22.3 Å². The van der Waals surface area contributed by atoms with Gasteiger partial charge in [-0.1, -0.05) is 67.2 Å². The molecule has 3 heteroatoms. The van der Waals surface area contributed by atoms with Crippen LogP contribution >= 0.6 is 11.8 Å². The average Bonchev–Trinajstić information content (AvgIpc) is 2.64. The molecule has 2 aromatic carbocycles. The van der Waals surface area contributed by atoms with E-state index in [0.717, 1.165) is 18.8 Å². The van der Waals surface area contributed by atoms with Crippen LogP contribution in [0.15, 0.2) is 48.5 Å². The summed E-state index contributed by atoms with van der Waals surface area (Å²) >= 11 is 1.61. The van der Waals surface area contributed by atoms with E-state index in [1.807, 2.05) is 0 Å². The second-order valence-electron chi connectivity index (χ2n) is 4.91. The highest BCUT2D eigenvalue weighted by Gasteiger charge is 2.20. The lowest BCUT2D eigenvalue weighted by Gasteiger charge is -2.23. The zero-order valence-electron chi connectivity index (χ0n) is 11.6. The van der Waals surface area contributed by atoms with Gasteiger partial charge in [0.25, 0.3) is 0 Å². The van der Waals surface area contributed by atoms with Gasteiger partial charge in [-0.25, -0.2) is 0 Å². The predicted octanol–water partition coefficient (Wildman–Crippen LogP) is 4.36. The molecule has 102 valence electrons. The molecule has 0 amide bonds. The third-order valence-corrected chi connectivity index (χ3v) is 4.44. The maximum absolute atomic E-state index is 8.25. The molecule has 1 aliphatic heterocycles. The van der Waals surface area contributed by atoms with Gasteiger partial charge in [-0.2, -0.15) is 0 Å². The molecule has 0 unspecified atom stereocenters. The summed E-state index contributed by atoms with van der Waals surface area (Å²) in [4.78, 5) is 2.17. The molecule has 0 aromatic heterocycles. The molecular formula is C17H18N2S. The lowest BCUT2D eigenvalue weighted by Crippen LogP contribution is -2.26. The van der Waals surface area contributed by atoms with E-state index in [0.29, 0.717) is 5.17 Å². The molecular weight excluding hydrogens is 264 g/mol. The highest BCUT2D eigenvalue weighted by molar-refractivity contribution is 8.13. The number of thioether (sulfide) groups is 1. The van der Waals surface area contributed by atoms with Crippen molar-refractivity contribution in [3.05, 3.63) is 59.7 Å². The molecule has 0 bridgehead atoms. The number of benzene rings is 2. The van der Waals surface area contributed by atoms with Gasteiger partial charge in [-0.3, -0.25) is 5.41 Å². The van der Waals surface area contributed by atoms with Gasteiger partial charge in [0.05, 0.1) is 0 Å². The maximum Gasteiger partial charge on any atom is 0.156 e. The zero-order chi connectivity index (χ0) is 13.9. The van der Waals surface area contributed by atoms with Crippen LogP contribution in [0.3, 0.4) is 0 Å². The van der Waals surface area contributed by atoms with Crippen LogP contribution < -0.4 is 0 Å². The lowest BCUT2D eigenvalue weighted by molar-refractivity contribution is 0.417. The Morgan fingerprint density at radius 3 is 2.00 bits per heavy atom. The van der Waals surface area contributed by atoms with Crippen LogP contribution in [0.25, 0.3) is 11.1 Å². The summed E-state index contributed by atoms with van der Waals surface area (Å²) in [5, 5.41) is 8.92. The smallest absolute Gasteiger partial charge is 0.156 e. The van der Waals surface area contributed by atoms with Crippen molar-refractivity contribution in [2.24, 2.45) is 0 Å². The molecule has 1 aliphatic rings. The molecule has 0 fully saturated rings. The first-order chi connectivity index (χ1) is 9.79. The molecule has 1 N–H and O–H groups in total. The van der Waals surface area contributed by atoms with E-state index in [-0.39, 0.29) is 0 Å². The molecule has 0 spiro atoms. The third kappa shape index (κ3) is 2.46. The summed E-state index contributed by atoms with van der Waals surface area (Å²) < 4.78 is 0. The minimum Gasteiger partial charge on any atom is -0.343 e. The summed E-state index contributed by atoms with van der Waals surface area (Å²) in [6, 6.07) is 17.1. The van der Waals surface area contributed by atoms with Gasteiger partial charge in [-0.15, -0.1) is 0 Å². The minimum atomic E-state index is 0.666. The van der Waals surface area contributed by atoms with E-state index in [9.17, 15) is 0 Å². The van der Waals surface area contributed by atoms with E-state index < -0.39 is 0 Å². The zero-order valence-corrected chi connectivity index (χ0v) is 12.4. The first-order valence-electron chi connectivity index (χ1n) is 6.92. The molecule has 0 radical (unpaired) electrons. The fourth-order valence-corrected chi connectivity index (χ4v) is 3.27. The van der Waals surface area contributed by atoms with E-state index >= 15 is 0 Å². The van der Waals surface area contributed by atoms with Crippen molar-refractivity contribution in [3.8, 4) is 11.1 Å². The Kier molecular flexibility index (Phi) is 3.79. The Hall–Kier alpha value is -1.74. The summed E-state index contributed by atoms with van der Waals surface area (Å²) in [6.45, 7) is 3.73. The molecule has 0 atom stereocenters. The van der Waals surface area contributed by atoms with Gasteiger partial charge in [-0.05, 0) is 28.0 Å². The van der Waals surface area contributed by atoms with Gasteiger partial charge >= 0.3 is 0 Å². The number of nitrogens with one attached hydrogen (secondary N) is 1. The summed E-state index contributed by atoms with van der Waals surface area (Å²) in [5.41, 5.74) is 5.22. The van der Waals surface area contributed by atoms with Crippen LogP contribution in [0.2, 0.25) is 0 Å². The van der Waals surface area contributed by atoms with Crippen LogP contribution in [0.4, 0.5) is 0 Å². The Morgan fingerprint density at radius 1 is 1.00 bits per heavy atom. The normalized spacial score (nSPS) is 13.3. The molecule has 1 heterocycles. The number of amidine groups is 1. The minimum absolute atomic E-state index is 0.666. The van der Waals surface area contributed by atoms with Crippen molar-refractivity contribution < 1.29 is 0 Å². The Morgan fingerprint density at radius 2 is 1.50 bits per heavy atom. The highest BCUT2D eigenvalue weighted by atomic mass is 32.2. The molecule has 2 nitrogen and oxygen atoms in total. The predicted molar refractivity (Wildman–Crippen MR) is 87.0 cm³/mol. The highest BCUT2D eigenvalue weighted by Crippen LogP contribution is 2.33. The van der Waals surface area contributed by atoms with Gasteiger partial charge < -0.3 is 4.90 Å². The number of nitrogens with zero attached hydrogens (tertiary/aromatic N) is 1. The van der Waals surface area contributed by atoms with E-state index in [1.54, 1.807) is 11.8 Å². The van der Waals surface area contributed by atoms with E-state index in [4.69, 9.17) is 5.41 Å². The standard InChI is InChI=1S/C17H18N2S/c1-2-20-17(18)19-11-13-7-3-5-9-15(13)16-10-6-4-8-14(16)12-19/h3-10,18H,2,11-12H2,1H3. The Labute approximate surface area is 124 Å². The molecule has 0 aliphatic carbocycles. The van der Waals surface area contributed by atoms with Crippen molar-refractivity contribution in [2.45, 2.75) is 20.0 Å². The van der Waals surface area contributed by atoms with Gasteiger partial charge in [0, 0.05) is 13.1 Å². The molecule has 3 rings (SSSR count). The molecule has 20 heavy (non-hydrogen) atoms. The number of fused-ring (bicyclic) bond motifs is 3. The number of rotatable bonds is 1. The quantitative estimate of drug-likeness (QED) is 0.621. The first-order valence-corrected chi connectivity index (χ1v) is 7.90. The Balaban J connectivity index is 2.07. The topological polar surface area (TPSA) is 27.1 Å². The van der Waals surface area contributed by atoms with Crippen molar-refractivity contribution in [2.75, 3.05) is 5.75 Å². The summed E-state index contributed by atoms with van der Waals surface area (Å²) in [6.07, 6.45) is 0. The summed E-state index contributed by atoms with van der Waals surface area (Å²) in [5.74, 6) is 0.943. The summed E-state index contributed by atoms with van der Waals surface area (Å²) in [7, 11) is 0. The number of hydrogen-bond donors (Lipinski definition) is 1. The lowest BCUT2D eigenvalue weighted by atomic mass is 9.97. The Bertz CT molecular complexity index is 589. The van der Waals surface area contributed by atoms with Crippen LogP contribution in [0.5, 0.6) is 0 Å². The van der Waals surface area contributed by atoms with Crippen LogP contribution in [0.1, 0.15) is 18.1 Å². The fourth-order valence-electron chi connectivity index (χ4n) is 2.68. The van der Waals surface area contributed by atoms with Crippen molar-refractivity contribution >= 4 is 16.9 Å². The van der Waals surface area contributed by atoms with Gasteiger partial charge in [0.15, 0.2) is 5.17 Å². The molecule has 0 saturated carbocycles. The van der Waals surface area contributed by atoms with Crippen molar-refractivity contribution in [1.82, 2.24) is 4.90 Å². The van der Waals surface area contributed by atoms with Gasteiger partial charge in [0.2, 0.25) is 0 Å². The first kappa shape index (κ1) is 13.3. The third-order valence-electron chi connectivity index (χ3n) is 3.62. The monoisotopic (exact) mass is 282 g/mol.